The Labute approximate surface area is 63.0 Å². The zero-order valence-corrected chi connectivity index (χ0v) is 6.93. The normalized spacial score (nSPS) is 50.1. The molecule has 3 atom stereocenters. The summed E-state index contributed by atoms with van der Waals surface area (Å²) in [7, 11) is 0. The van der Waals surface area contributed by atoms with Gasteiger partial charge in [-0.25, -0.2) is 0 Å². The molecule has 0 aliphatic heterocycles. The molecule has 1 nitrogen and oxygen atoms in total. The highest BCUT2D eigenvalue weighted by Gasteiger charge is 2.53. The van der Waals surface area contributed by atoms with E-state index in [1.165, 1.54) is 19.3 Å². The van der Waals surface area contributed by atoms with Gasteiger partial charge in [0.2, 0.25) is 0 Å². The number of hydrogen-bond donors (Lipinski definition) is 1. The molecule has 0 aromatic heterocycles. The van der Waals surface area contributed by atoms with Gasteiger partial charge < -0.3 is 5.73 Å². The van der Waals surface area contributed by atoms with E-state index in [1.54, 1.807) is 0 Å². The summed E-state index contributed by atoms with van der Waals surface area (Å²) in [6, 6.07) is 0.514. The van der Waals surface area contributed by atoms with Crippen LogP contribution in [0, 0.1) is 17.3 Å². The molecule has 1 heteroatoms. The van der Waals surface area contributed by atoms with Crippen molar-refractivity contribution in [2.24, 2.45) is 23.0 Å². The van der Waals surface area contributed by atoms with E-state index >= 15 is 0 Å². The first-order chi connectivity index (χ1) is 4.62. The van der Waals surface area contributed by atoms with Crippen molar-refractivity contribution in [1.82, 2.24) is 0 Å². The molecule has 2 bridgehead atoms. The van der Waals surface area contributed by atoms with Crippen molar-refractivity contribution in [3.63, 3.8) is 0 Å². The van der Waals surface area contributed by atoms with Gasteiger partial charge in [0, 0.05) is 6.04 Å². The summed E-state index contributed by atoms with van der Waals surface area (Å²) in [5.74, 6) is 1.84. The molecule has 3 aliphatic rings. The van der Waals surface area contributed by atoms with Gasteiger partial charge in [0.25, 0.3) is 0 Å². The first kappa shape index (κ1) is 6.66. The summed E-state index contributed by atoms with van der Waals surface area (Å²) in [5.41, 5.74) is 6.57. The Morgan fingerprint density at radius 3 is 2.30 bits per heavy atom. The molecule has 3 saturated carbocycles. The monoisotopic (exact) mass is 139 g/mol. The molecule has 0 aromatic rings. The molecule has 3 aliphatic carbocycles. The predicted octanol–water partition coefficient (Wildman–Crippen LogP) is 1.77. The van der Waals surface area contributed by atoms with E-state index in [0.717, 1.165) is 11.8 Å². The van der Waals surface area contributed by atoms with Gasteiger partial charge in [0.05, 0.1) is 0 Å². The van der Waals surface area contributed by atoms with Gasteiger partial charge in [0.15, 0.2) is 0 Å². The molecule has 58 valence electrons. The Morgan fingerprint density at radius 1 is 1.30 bits per heavy atom. The lowest BCUT2D eigenvalue weighted by Gasteiger charge is -2.59. The van der Waals surface area contributed by atoms with Crippen molar-refractivity contribution in [3.05, 3.63) is 0 Å². The van der Waals surface area contributed by atoms with Crippen molar-refractivity contribution in [2.75, 3.05) is 0 Å². The standard InChI is InChI=1S/C9H17N/c1-9(2)6-3-4-8(10)7(9)5-6/h6-8H,3-5,10H2,1-2H3/t6-,7-,8?/m0/s1. The van der Waals surface area contributed by atoms with Crippen molar-refractivity contribution in [2.45, 2.75) is 39.2 Å². The first-order valence-electron chi connectivity index (χ1n) is 4.38. The summed E-state index contributed by atoms with van der Waals surface area (Å²) in [6.45, 7) is 4.76. The highest BCUT2D eigenvalue weighted by atomic mass is 14.7. The van der Waals surface area contributed by atoms with E-state index in [-0.39, 0.29) is 0 Å². The summed E-state index contributed by atoms with van der Waals surface area (Å²) < 4.78 is 0. The minimum Gasteiger partial charge on any atom is -0.327 e. The molecule has 1 unspecified atom stereocenters. The van der Waals surface area contributed by atoms with E-state index in [4.69, 9.17) is 5.73 Å². The topological polar surface area (TPSA) is 26.0 Å². The Balaban J connectivity index is 2.16. The minimum absolute atomic E-state index is 0.514. The Kier molecular flexibility index (Phi) is 1.17. The summed E-state index contributed by atoms with van der Waals surface area (Å²) in [5, 5.41) is 0. The molecule has 3 fully saturated rings. The van der Waals surface area contributed by atoms with E-state index in [0.29, 0.717) is 11.5 Å². The maximum Gasteiger partial charge on any atom is 0.00725 e. The Hall–Kier alpha value is -0.0400. The van der Waals surface area contributed by atoms with Crippen LogP contribution in [0.4, 0.5) is 0 Å². The van der Waals surface area contributed by atoms with Crippen LogP contribution in [-0.4, -0.2) is 6.04 Å². The van der Waals surface area contributed by atoms with Gasteiger partial charge in [-0.3, -0.25) is 0 Å². The molecular weight excluding hydrogens is 122 g/mol. The van der Waals surface area contributed by atoms with Crippen LogP contribution in [0.15, 0.2) is 0 Å². The van der Waals surface area contributed by atoms with Crippen LogP contribution in [0.3, 0.4) is 0 Å². The summed E-state index contributed by atoms with van der Waals surface area (Å²) in [6.07, 6.45) is 4.07. The predicted molar refractivity (Wildman–Crippen MR) is 42.6 cm³/mol. The molecule has 0 aromatic carbocycles. The van der Waals surface area contributed by atoms with Crippen LogP contribution in [0.5, 0.6) is 0 Å². The van der Waals surface area contributed by atoms with Crippen molar-refractivity contribution < 1.29 is 0 Å². The van der Waals surface area contributed by atoms with Crippen molar-refractivity contribution in [1.29, 1.82) is 0 Å². The molecule has 10 heavy (non-hydrogen) atoms. The van der Waals surface area contributed by atoms with Crippen LogP contribution in [0.2, 0.25) is 0 Å². The fourth-order valence-electron chi connectivity index (χ4n) is 2.87. The summed E-state index contributed by atoms with van der Waals surface area (Å²) >= 11 is 0. The Morgan fingerprint density at radius 2 is 2.00 bits per heavy atom. The quantitative estimate of drug-likeness (QED) is 0.544. The van der Waals surface area contributed by atoms with Crippen LogP contribution >= 0.6 is 0 Å². The van der Waals surface area contributed by atoms with Crippen LogP contribution in [0.1, 0.15) is 33.1 Å². The van der Waals surface area contributed by atoms with E-state index < -0.39 is 0 Å². The molecule has 3 rings (SSSR count). The fourth-order valence-corrected chi connectivity index (χ4v) is 2.87. The zero-order chi connectivity index (χ0) is 7.35. The largest absolute Gasteiger partial charge is 0.327 e. The third-order valence-corrected chi connectivity index (χ3v) is 3.91. The Bertz CT molecular complexity index is 149. The second-order valence-electron chi connectivity index (χ2n) is 4.60. The minimum atomic E-state index is 0.514. The van der Waals surface area contributed by atoms with Gasteiger partial charge in [-0.05, 0) is 36.5 Å². The lowest BCUT2D eigenvalue weighted by atomic mass is 9.47. The van der Waals surface area contributed by atoms with Gasteiger partial charge in [0.1, 0.15) is 0 Å². The van der Waals surface area contributed by atoms with Crippen molar-refractivity contribution in [3.8, 4) is 0 Å². The smallest absolute Gasteiger partial charge is 0.00725 e. The molecule has 0 radical (unpaired) electrons. The number of nitrogens with two attached hydrogens (primary N) is 1. The van der Waals surface area contributed by atoms with E-state index in [9.17, 15) is 0 Å². The third-order valence-electron chi connectivity index (χ3n) is 3.91. The number of rotatable bonds is 0. The second kappa shape index (κ2) is 1.76. The van der Waals surface area contributed by atoms with Gasteiger partial charge >= 0.3 is 0 Å². The lowest BCUT2D eigenvalue weighted by molar-refractivity contribution is -0.0777. The SMILES string of the molecule is CC1(C)[C@H]2CCC(N)[C@@H]1C2. The third kappa shape index (κ3) is 0.619. The van der Waals surface area contributed by atoms with E-state index in [1.807, 2.05) is 0 Å². The summed E-state index contributed by atoms with van der Waals surface area (Å²) in [4.78, 5) is 0. The molecule has 0 heterocycles. The average Bonchev–Trinajstić information content (AvgIpc) is 1.87. The highest BCUT2D eigenvalue weighted by molar-refractivity contribution is 5.04. The highest BCUT2D eigenvalue weighted by Crippen LogP contribution is 2.58. The maximum absolute atomic E-state index is 5.99. The van der Waals surface area contributed by atoms with Crippen LogP contribution < -0.4 is 5.73 Å². The number of fused-ring (bicyclic) bond motifs is 2. The average molecular weight is 139 g/mol. The second-order valence-corrected chi connectivity index (χ2v) is 4.60. The molecule has 0 saturated heterocycles. The van der Waals surface area contributed by atoms with Gasteiger partial charge in [-0.15, -0.1) is 0 Å². The lowest BCUT2D eigenvalue weighted by Crippen LogP contribution is -2.57. The molecular formula is C9H17N. The molecule has 2 N–H and O–H groups in total. The van der Waals surface area contributed by atoms with Crippen LogP contribution in [0.25, 0.3) is 0 Å². The van der Waals surface area contributed by atoms with Gasteiger partial charge in [-0.1, -0.05) is 13.8 Å². The van der Waals surface area contributed by atoms with Gasteiger partial charge in [-0.2, -0.15) is 0 Å². The van der Waals surface area contributed by atoms with Crippen LogP contribution in [-0.2, 0) is 0 Å². The number of hydrogen-bond acceptors (Lipinski definition) is 1. The first-order valence-corrected chi connectivity index (χ1v) is 4.38. The molecule has 0 amide bonds. The fraction of sp³-hybridized carbons (Fsp3) is 1.00. The molecule has 0 spiro atoms. The zero-order valence-electron chi connectivity index (χ0n) is 6.93. The van der Waals surface area contributed by atoms with E-state index in [2.05, 4.69) is 13.8 Å². The van der Waals surface area contributed by atoms with Crippen molar-refractivity contribution >= 4 is 0 Å². The maximum atomic E-state index is 5.99.